The molecule has 4 N–H and O–H groups in total. The molecule has 1 saturated heterocycles. The van der Waals surface area contributed by atoms with Crippen LogP contribution in [0.5, 0.6) is 0 Å². The number of fused-ring (bicyclic) bond motifs is 1. The van der Waals surface area contributed by atoms with Gasteiger partial charge in [0.05, 0.1) is 6.04 Å². The van der Waals surface area contributed by atoms with Crippen molar-refractivity contribution in [3.05, 3.63) is 23.8 Å². The SMILES string of the molecule is Cl.NC(C(=O)Nc1ccc2c(c1)CCCC(=O)N2)C1CCOCC1. The van der Waals surface area contributed by atoms with E-state index >= 15 is 0 Å². The molecular weight excluding hydrogens is 330 g/mol. The van der Waals surface area contributed by atoms with E-state index < -0.39 is 6.04 Å². The number of rotatable bonds is 3. The zero-order valence-corrected chi connectivity index (χ0v) is 14.4. The maximum atomic E-state index is 12.4. The molecular formula is C17H24ClN3O3. The molecule has 132 valence electrons. The number of hydrogen-bond acceptors (Lipinski definition) is 4. The Morgan fingerprint density at radius 1 is 1.29 bits per heavy atom. The van der Waals surface area contributed by atoms with E-state index in [9.17, 15) is 9.59 Å². The maximum absolute atomic E-state index is 12.4. The van der Waals surface area contributed by atoms with Gasteiger partial charge in [0, 0.05) is 31.0 Å². The second-order valence-corrected chi connectivity index (χ2v) is 6.24. The smallest absolute Gasteiger partial charge is 0.241 e. The molecule has 0 aliphatic carbocycles. The van der Waals surface area contributed by atoms with Crippen LogP contribution in [0.4, 0.5) is 11.4 Å². The molecule has 0 radical (unpaired) electrons. The molecule has 2 aliphatic rings. The average Bonchev–Trinajstić information content (AvgIpc) is 2.75. The highest BCUT2D eigenvalue weighted by molar-refractivity contribution is 5.96. The lowest BCUT2D eigenvalue weighted by molar-refractivity contribution is -0.119. The van der Waals surface area contributed by atoms with Gasteiger partial charge in [-0.05, 0) is 55.4 Å². The van der Waals surface area contributed by atoms with E-state index in [0.29, 0.717) is 19.6 Å². The number of carbonyl (C=O) groups excluding carboxylic acids is 2. The van der Waals surface area contributed by atoms with E-state index in [-0.39, 0.29) is 30.1 Å². The predicted molar refractivity (Wildman–Crippen MR) is 95.4 cm³/mol. The second kappa shape index (κ2) is 8.46. The zero-order chi connectivity index (χ0) is 16.2. The van der Waals surface area contributed by atoms with Crippen molar-refractivity contribution in [2.75, 3.05) is 23.8 Å². The minimum absolute atomic E-state index is 0. The molecule has 1 atom stereocenters. The molecule has 2 amide bonds. The van der Waals surface area contributed by atoms with Gasteiger partial charge in [0.15, 0.2) is 0 Å². The predicted octanol–water partition coefficient (Wildman–Crippen LogP) is 2.08. The fourth-order valence-electron chi connectivity index (χ4n) is 3.17. The number of anilines is 2. The Morgan fingerprint density at radius 2 is 2.04 bits per heavy atom. The molecule has 2 aliphatic heterocycles. The number of ether oxygens (including phenoxy) is 1. The van der Waals surface area contributed by atoms with E-state index in [1.807, 2.05) is 12.1 Å². The monoisotopic (exact) mass is 353 g/mol. The quantitative estimate of drug-likeness (QED) is 0.775. The lowest BCUT2D eigenvalue weighted by atomic mass is 9.92. The van der Waals surface area contributed by atoms with Gasteiger partial charge < -0.3 is 21.1 Å². The van der Waals surface area contributed by atoms with Crippen molar-refractivity contribution < 1.29 is 14.3 Å². The molecule has 1 fully saturated rings. The first-order valence-electron chi connectivity index (χ1n) is 8.20. The lowest BCUT2D eigenvalue weighted by Gasteiger charge is -2.26. The Balaban J connectivity index is 0.00000208. The first-order chi connectivity index (χ1) is 11.1. The Labute approximate surface area is 147 Å². The number of aryl methyl sites for hydroxylation is 1. The summed E-state index contributed by atoms with van der Waals surface area (Å²) in [6.45, 7) is 1.34. The van der Waals surface area contributed by atoms with Crippen LogP contribution in [-0.4, -0.2) is 31.1 Å². The zero-order valence-electron chi connectivity index (χ0n) is 13.5. The van der Waals surface area contributed by atoms with E-state index in [0.717, 1.165) is 42.6 Å². The largest absolute Gasteiger partial charge is 0.381 e. The van der Waals surface area contributed by atoms with E-state index in [2.05, 4.69) is 10.6 Å². The highest BCUT2D eigenvalue weighted by atomic mass is 35.5. The van der Waals surface area contributed by atoms with Gasteiger partial charge in [0.1, 0.15) is 0 Å². The number of benzene rings is 1. The molecule has 1 aromatic carbocycles. The van der Waals surface area contributed by atoms with Gasteiger partial charge in [0.25, 0.3) is 0 Å². The standard InChI is InChI=1S/C17H23N3O3.ClH/c18-16(11-6-8-23-9-7-11)17(22)19-13-4-5-14-12(10-13)2-1-3-15(21)20-14;/h4-5,10-11,16H,1-3,6-9,18H2,(H,19,22)(H,20,21);1H. The summed E-state index contributed by atoms with van der Waals surface area (Å²) in [6.07, 6.45) is 3.82. The molecule has 0 aromatic heterocycles. The number of halogens is 1. The molecule has 7 heteroatoms. The van der Waals surface area contributed by atoms with Crippen LogP contribution in [0.15, 0.2) is 18.2 Å². The minimum atomic E-state index is -0.516. The molecule has 1 aromatic rings. The van der Waals surface area contributed by atoms with E-state index in [1.54, 1.807) is 6.07 Å². The highest BCUT2D eigenvalue weighted by Crippen LogP contribution is 2.26. The van der Waals surface area contributed by atoms with Gasteiger partial charge in [-0.15, -0.1) is 12.4 Å². The Hall–Kier alpha value is -1.63. The summed E-state index contributed by atoms with van der Waals surface area (Å²) in [5.41, 5.74) is 8.71. The third kappa shape index (κ3) is 4.47. The van der Waals surface area contributed by atoms with Crippen LogP contribution in [0, 0.1) is 5.92 Å². The molecule has 2 heterocycles. The van der Waals surface area contributed by atoms with Crippen LogP contribution < -0.4 is 16.4 Å². The van der Waals surface area contributed by atoms with Crippen LogP contribution in [-0.2, 0) is 20.7 Å². The molecule has 3 rings (SSSR count). The normalized spacial score (nSPS) is 19.3. The molecule has 0 bridgehead atoms. The lowest BCUT2D eigenvalue weighted by Crippen LogP contribution is -2.44. The van der Waals surface area contributed by atoms with E-state index in [4.69, 9.17) is 10.5 Å². The van der Waals surface area contributed by atoms with Crippen molar-refractivity contribution in [1.82, 2.24) is 0 Å². The van der Waals surface area contributed by atoms with Crippen LogP contribution >= 0.6 is 12.4 Å². The van der Waals surface area contributed by atoms with Crippen LogP contribution in [0.2, 0.25) is 0 Å². The molecule has 0 spiro atoms. The van der Waals surface area contributed by atoms with Crippen molar-refractivity contribution in [3.63, 3.8) is 0 Å². The van der Waals surface area contributed by atoms with Crippen molar-refractivity contribution in [3.8, 4) is 0 Å². The topological polar surface area (TPSA) is 93.5 Å². The van der Waals surface area contributed by atoms with Crippen LogP contribution in [0.1, 0.15) is 31.2 Å². The Kier molecular flexibility index (Phi) is 6.60. The van der Waals surface area contributed by atoms with Gasteiger partial charge in [-0.25, -0.2) is 0 Å². The summed E-state index contributed by atoms with van der Waals surface area (Å²) in [7, 11) is 0. The molecule has 24 heavy (non-hydrogen) atoms. The summed E-state index contributed by atoms with van der Waals surface area (Å²) >= 11 is 0. The fourth-order valence-corrected chi connectivity index (χ4v) is 3.17. The first-order valence-corrected chi connectivity index (χ1v) is 8.20. The van der Waals surface area contributed by atoms with Crippen molar-refractivity contribution in [2.45, 2.75) is 38.1 Å². The van der Waals surface area contributed by atoms with Crippen LogP contribution in [0.3, 0.4) is 0 Å². The maximum Gasteiger partial charge on any atom is 0.241 e. The fraction of sp³-hybridized carbons (Fsp3) is 0.529. The average molecular weight is 354 g/mol. The third-order valence-electron chi connectivity index (χ3n) is 4.57. The summed E-state index contributed by atoms with van der Waals surface area (Å²) in [5.74, 6) is 0.0560. The number of nitrogens with two attached hydrogens (primary N) is 1. The van der Waals surface area contributed by atoms with Gasteiger partial charge >= 0.3 is 0 Å². The van der Waals surface area contributed by atoms with Crippen molar-refractivity contribution >= 4 is 35.6 Å². The number of carbonyl (C=O) groups is 2. The molecule has 1 unspecified atom stereocenters. The van der Waals surface area contributed by atoms with Gasteiger partial charge in [-0.2, -0.15) is 0 Å². The molecule has 6 nitrogen and oxygen atoms in total. The highest BCUT2D eigenvalue weighted by Gasteiger charge is 2.26. The summed E-state index contributed by atoms with van der Waals surface area (Å²) in [6, 6.07) is 5.06. The third-order valence-corrected chi connectivity index (χ3v) is 4.57. The Morgan fingerprint density at radius 3 is 2.79 bits per heavy atom. The van der Waals surface area contributed by atoms with E-state index in [1.165, 1.54) is 0 Å². The number of hydrogen-bond donors (Lipinski definition) is 3. The van der Waals surface area contributed by atoms with Gasteiger partial charge in [-0.3, -0.25) is 9.59 Å². The summed E-state index contributed by atoms with van der Waals surface area (Å²) in [5, 5.41) is 5.79. The van der Waals surface area contributed by atoms with Gasteiger partial charge in [0.2, 0.25) is 11.8 Å². The van der Waals surface area contributed by atoms with Crippen molar-refractivity contribution in [1.29, 1.82) is 0 Å². The molecule has 0 saturated carbocycles. The van der Waals surface area contributed by atoms with Crippen molar-refractivity contribution in [2.24, 2.45) is 11.7 Å². The minimum Gasteiger partial charge on any atom is -0.381 e. The second-order valence-electron chi connectivity index (χ2n) is 6.24. The van der Waals surface area contributed by atoms with Crippen LogP contribution in [0.25, 0.3) is 0 Å². The number of nitrogens with one attached hydrogen (secondary N) is 2. The summed E-state index contributed by atoms with van der Waals surface area (Å²) in [4.78, 5) is 23.9. The Bertz CT molecular complexity index is 603. The first kappa shape index (κ1) is 18.7. The summed E-state index contributed by atoms with van der Waals surface area (Å²) < 4.78 is 5.31. The van der Waals surface area contributed by atoms with Gasteiger partial charge in [-0.1, -0.05) is 0 Å². The number of amides is 2.